The fourth-order valence-corrected chi connectivity index (χ4v) is 2.93. The first-order chi connectivity index (χ1) is 13.8. The van der Waals surface area contributed by atoms with Crippen molar-refractivity contribution in [1.82, 2.24) is 10.2 Å². The van der Waals surface area contributed by atoms with Gasteiger partial charge in [-0.2, -0.15) is 0 Å². The molecule has 2 aromatic rings. The number of non-ortho nitro benzene ring substituents is 1. The molecule has 3 amide bonds. The van der Waals surface area contributed by atoms with Gasteiger partial charge >= 0.3 is 5.97 Å². The Morgan fingerprint density at radius 3 is 2.38 bits per heavy atom. The lowest BCUT2D eigenvalue weighted by Crippen LogP contribution is -2.43. The number of amides is 3. The van der Waals surface area contributed by atoms with Crippen LogP contribution in [0.2, 0.25) is 0 Å². The molecule has 2 aromatic carbocycles. The van der Waals surface area contributed by atoms with Gasteiger partial charge in [0.1, 0.15) is 6.54 Å². The van der Waals surface area contributed by atoms with E-state index in [-0.39, 0.29) is 16.8 Å². The molecule has 10 nitrogen and oxygen atoms in total. The Kier molecular flexibility index (Phi) is 5.35. The molecule has 1 heterocycles. The number of hydrogen-bond acceptors (Lipinski definition) is 7. The van der Waals surface area contributed by atoms with Gasteiger partial charge in [-0.1, -0.05) is 30.3 Å². The molecule has 0 saturated carbocycles. The molecule has 1 aliphatic rings. The molecule has 29 heavy (non-hydrogen) atoms. The Hall–Kier alpha value is -4.08. The van der Waals surface area contributed by atoms with E-state index in [9.17, 15) is 29.3 Å². The predicted octanol–water partition coefficient (Wildman–Crippen LogP) is 1.22. The van der Waals surface area contributed by atoms with Crippen LogP contribution in [0.15, 0.2) is 48.5 Å². The normalized spacial score (nSPS) is 13.6. The second kappa shape index (κ2) is 7.89. The van der Waals surface area contributed by atoms with E-state index in [1.54, 1.807) is 30.3 Å². The summed E-state index contributed by atoms with van der Waals surface area (Å²) in [5, 5.41) is 13.3. The molecule has 0 aliphatic carbocycles. The summed E-state index contributed by atoms with van der Waals surface area (Å²) in [6.45, 7) is -0.652. The fourth-order valence-electron chi connectivity index (χ4n) is 2.93. The van der Waals surface area contributed by atoms with Crippen LogP contribution in [0.3, 0.4) is 0 Å². The highest BCUT2D eigenvalue weighted by molar-refractivity contribution is 6.22. The maximum absolute atomic E-state index is 12.5. The number of nitrogens with zero attached hydrogens (tertiary/aromatic N) is 2. The summed E-state index contributed by atoms with van der Waals surface area (Å²) in [4.78, 5) is 60.3. The number of nitro groups is 1. The molecule has 10 heteroatoms. The van der Waals surface area contributed by atoms with Crippen molar-refractivity contribution in [2.45, 2.75) is 6.04 Å². The quantitative estimate of drug-likeness (QED) is 0.335. The summed E-state index contributed by atoms with van der Waals surface area (Å²) in [6.07, 6.45) is 0. The van der Waals surface area contributed by atoms with Crippen LogP contribution in [0.4, 0.5) is 5.69 Å². The number of nitro benzene ring substituents is 1. The van der Waals surface area contributed by atoms with Gasteiger partial charge in [0.15, 0.2) is 6.04 Å². The first kappa shape index (κ1) is 19.7. The molecule has 148 valence electrons. The number of fused-ring (bicyclic) bond motifs is 1. The van der Waals surface area contributed by atoms with Gasteiger partial charge in [-0.3, -0.25) is 29.4 Å². The molecular weight excluding hydrogens is 382 g/mol. The van der Waals surface area contributed by atoms with Crippen LogP contribution in [-0.4, -0.2) is 47.2 Å². The van der Waals surface area contributed by atoms with Gasteiger partial charge < -0.3 is 10.1 Å². The monoisotopic (exact) mass is 397 g/mol. The number of benzene rings is 2. The highest BCUT2D eigenvalue weighted by Gasteiger charge is 2.38. The lowest BCUT2D eigenvalue weighted by molar-refractivity contribution is -0.384. The molecule has 1 atom stereocenters. The maximum atomic E-state index is 12.5. The molecule has 0 bridgehead atoms. The van der Waals surface area contributed by atoms with Crippen molar-refractivity contribution in [3.05, 3.63) is 75.3 Å². The van der Waals surface area contributed by atoms with Crippen LogP contribution in [0, 0.1) is 10.1 Å². The van der Waals surface area contributed by atoms with E-state index in [1.165, 1.54) is 13.2 Å². The van der Waals surface area contributed by atoms with E-state index in [0.717, 1.165) is 12.1 Å². The summed E-state index contributed by atoms with van der Waals surface area (Å²) in [5.74, 6) is -3.06. The van der Waals surface area contributed by atoms with E-state index in [1.807, 2.05) is 0 Å². The van der Waals surface area contributed by atoms with E-state index < -0.39 is 41.2 Å². The Bertz CT molecular complexity index is 1020. The average molecular weight is 397 g/mol. The first-order valence-electron chi connectivity index (χ1n) is 8.40. The Balaban J connectivity index is 1.78. The third-order valence-corrected chi connectivity index (χ3v) is 4.34. The van der Waals surface area contributed by atoms with Gasteiger partial charge in [0.2, 0.25) is 5.91 Å². The topological polar surface area (TPSA) is 136 Å². The third-order valence-electron chi connectivity index (χ3n) is 4.34. The summed E-state index contributed by atoms with van der Waals surface area (Å²) < 4.78 is 4.70. The molecular formula is C19H15N3O7. The third kappa shape index (κ3) is 3.81. The van der Waals surface area contributed by atoms with Crippen LogP contribution < -0.4 is 5.32 Å². The predicted molar refractivity (Wildman–Crippen MR) is 97.8 cm³/mol. The fraction of sp³-hybridized carbons (Fsp3) is 0.158. The van der Waals surface area contributed by atoms with Crippen molar-refractivity contribution in [2.75, 3.05) is 13.7 Å². The number of esters is 1. The maximum Gasteiger partial charge on any atom is 0.333 e. The number of carbonyl (C=O) groups excluding carboxylic acids is 4. The first-order valence-corrected chi connectivity index (χ1v) is 8.40. The largest absolute Gasteiger partial charge is 0.467 e. The van der Waals surface area contributed by atoms with Gasteiger partial charge in [0.25, 0.3) is 17.5 Å². The van der Waals surface area contributed by atoms with Gasteiger partial charge in [0.05, 0.1) is 23.2 Å². The molecule has 1 unspecified atom stereocenters. The van der Waals surface area contributed by atoms with Gasteiger partial charge in [-0.15, -0.1) is 0 Å². The van der Waals surface area contributed by atoms with Gasteiger partial charge in [-0.05, 0) is 11.6 Å². The number of carbonyl (C=O) groups is 4. The van der Waals surface area contributed by atoms with Crippen LogP contribution in [-0.2, 0) is 14.3 Å². The second-order valence-corrected chi connectivity index (χ2v) is 6.12. The highest BCUT2D eigenvalue weighted by atomic mass is 16.6. The molecule has 1 aliphatic heterocycles. The molecule has 0 spiro atoms. The minimum Gasteiger partial charge on any atom is -0.467 e. The van der Waals surface area contributed by atoms with E-state index in [4.69, 9.17) is 4.74 Å². The summed E-state index contributed by atoms with van der Waals surface area (Å²) in [5.41, 5.74) is -0.0534. The summed E-state index contributed by atoms with van der Waals surface area (Å²) in [6, 6.07) is 10.5. The number of hydrogen-bond donors (Lipinski definition) is 1. The van der Waals surface area contributed by atoms with Crippen LogP contribution in [0.25, 0.3) is 0 Å². The minimum absolute atomic E-state index is 0.0269. The van der Waals surface area contributed by atoms with E-state index in [2.05, 4.69) is 5.32 Å². The average Bonchev–Trinajstić information content (AvgIpc) is 2.96. The van der Waals surface area contributed by atoms with Crippen molar-refractivity contribution < 1.29 is 28.8 Å². The number of nitrogens with one attached hydrogen (secondary N) is 1. The molecule has 0 saturated heterocycles. The standard InChI is InChI=1S/C19H15N3O7/c1-29-19(26)16(11-5-3-2-4-6-11)20-15(23)10-21-17(24)13-8-7-12(22(27)28)9-14(13)18(21)25/h2-9,16H,10H2,1H3,(H,20,23). The van der Waals surface area contributed by atoms with Gasteiger partial charge in [0, 0.05) is 12.1 Å². The summed E-state index contributed by atoms with van der Waals surface area (Å²) in [7, 11) is 1.17. The Morgan fingerprint density at radius 1 is 1.10 bits per heavy atom. The Labute approximate surface area is 164 Å². The number of ether oxygens (including phenoxy) is 1. The lowest BCUT2D eigenvalue weighted by atomic mass is 10.1. The minimum atomic E-state index is -1.12. The molecule has 0 fully saturated rings. The zero-order chi connectivity index (χ0) is 21.1. The smallest absolute Gasteiger partial charge is 0.333 e. The van der Waals surface area contributed by atoms with E-state index >= 15 is 0 Å². The lowest BCUT2D eigenvalue weighted by Gasteiger charge is -2.19. The van der Waals surface area contributed by atoms with Crippen molar-refractivity contribution in [3.8, 4) is 0 Å². The number of imide groups is 1. The zero-order valence-electron chi connectivity index (χ0n) is 15.2. The van der Waals surface area contributed by atoms with Crippen molar-refractivity contribution in [1.29, 1.82) is 0 Å². The number of methoxy groups -OCH3 is 1. The number of rotatable bonds is 6. The Morgan fingerprint density at radius 2 is 1.76 bits per heavy atom. The van der Waals surface area contributed by atoms with Gasteiger partial charge in [-0.25, -0.2) is 4.79 Å². The molecule has 3 rings (SSSR count). The van der Waals surface area contributed by atoms with Crippen LogP contribution >= 0.6 is 0 Å². The van der Waals surface area contributed by atoms with Crippen LogP contribution in [0.5, 0.6) is 0 Å². The molecule has 0 aromatic heterocycles. The van der Waals surface area contributed by atoms with Crippen LogP contribution in [0.1, 0.15) is 32.3 Å². The van der Waals surface area contributed by atoms with Crippen molar-refractivity contribution in [2.24, 2.45) is 0 Å². The van der Waals surface area contributed by atoms with E-state index in [0.29, 0.717) is 10.5 Å². The highest BCUT2D eigenvalue weighted by Crippen LogP contribution is 2.26. The SMILES string of the molecule is COC(=O)C(NC(=O)CN1C(=O)c2ccc([N+](=O)[O-])cc2C1=O)c1ccccc1. The molecule has 0 radical (unpaired) electrons. The zero-order valence-corrected chi connectivity index (χ0v) is 15.2. The van der Waals surface area contributed by atoms with Crippen molar-refractivity contribution >= 4 is 29.4 Å². The second-order valence-electron chi connectivity index (χ2n) is 6.12. The molecule has 1 N–H and O–H groups in total. The van der Waals surface area contributed by atoms with Crippen molar-refractivity contribution in [3.63, 3.8) is 0 Å². The summed E-state index contributed by atoms with van der Waals surface area (Å²) >= 11 is 0.